The summed E-state index contributed by atoms with van der Waals surface area (Å²) in [7, 11) is 0. The highest BCUT2D eigenvalue weighted by Gasteiger charge is 2.30. The summed E-state index contributed by atoms with van der Waals surface area (Å²) >= 11 is 1.07. The highest BCUT2D eigenvalue weighted by molar-refractivity contribution is 7.99. The molecule has 0 bridgehead atoms. The van der Waals surface area contributed by atoms with Gasteiger partial charge >= 0.3 is 6.18 Å². The van der Waals surface area contributed by atoms with Crippen molar-refractivity contribution >= 4 is 17.7 Å². The number of hydrogen-bond donors (Lipinski definition) is 1. The number of nitrogens with one attached hydrogen (secondary N) is 1. The molecule has 1 aliphatic rings. The smallest absolute Gasteiger partial charge is 0.346 e. The molecule has 0 spiro atoms. The van der Waals surface area contributed by atoms with Gasteiger partial charge in [-0.1, -0.05) is 17.8 Å². The molecule has 1 aromatic heterocycles. The molecule has 116 valence electrons. The SMILES string of the molecule is C=CCn1c(SCC(=O)NCC(F)(F)F)nnc1C1CC1. The van der Waals surface area contributed by atoms with Crippen molar-refractivity contribution in [3.63, 3.8) is 0 Å². The van der Waals surface area contributed by atoms with Gasteiger partial charge in [0.2, 0.25) is 5.91 Å². The maximum atomic E-state index is 12.0. The second-order valence-corrected chi connectivity index (χ2v) is 5.64. The molecule has 1 aromatic rings. The lowest BCUT2D eigenvalue weighted by atomic mass is 10.4. The fourth-order valence-electron chi connectivity index (χ4n) is 1.73. The van der Waals surface area contributed by atoms with Crippen LogP contribution in [-0.4, -0.2) is 39.1 Å². The molecule has 1 saturated carbocycles. The van der Waals surface area contributed by atoms with Crippen molar-refractivity contribution in [2.45, 2.75) is 36.6 Å². The van der Waals surface area contributed by atoms with E-state index in [2.05, 4.69) is 16.8 Å². The number of nitrogens with zero attached hydrogens (tertiary/aromatic N) is 3. The van der Waals surface area contributed by atoms with Crippen LogP contribution >= 0.6 is 11.8 Å². The Bertz CT molecular complexity index is 525. The van der Waals surface area contributed by atoms with Crippen LogP contribution in [0.25, 0.3) is 0 Å². The summed E-state index contributed by atoms with van der Waals surface area (Å²) in [4.78, 5) is 11.4. The van der Waals surface area contributed by atoms with Crippen molar-refractivity contribution < 1.29 is 18.0 Å². The fourth-order valence-corrected chi connectivity index (χ4v) is 2.52. The van der Waals surface area contributed by atoms with E-state index in [0.717, 1.165) is 30.4 Å². The number of allylic oxidation sites excluding steroid dienone is 1. The van der Waals surface area contributed by atoms with Crippen LogP contribution in [0.4, 0.5) is 13.2 Å². The normalized spacial score (nSPS) is 15.0. The van der Waals surface area contributed by atoms with Crippen molar-refractivity contribution in [2.75, 3.05) is 12.3 Å². The largest absolute Gasteiger partial charge is 0.405 e. The van der Waals surface area contributed by atoms with Crippen LogP contribution in [0.1, 0.15) is 24.6 Å². The summed E-state index contributed by atoms with van der Waals surface area (Å²) < 4.78 is 37.8. The van der Waals surface area contributed by atoms with E-state index in [4.69, 9.17) is 0 Å². The molecule has 0 atom stereocenters. The molecule has 0 aromatic carbocycles. The zero-order valence-electron chi connectivity index (χ0n) is 11.2. The zero-order valence-corrected chi connectivity index (χ0v) is 12.0. The molecule has 5 nitrogen and oxygen atoms in total. The summed E-state index contributed by atoms with van der Waals surface area (Å²) in [5.74, 6) is 0.438. The number of amides is 1. The zero-order chi connectivity index (χ0) is 15.5. The number of aromatic nitrogens is 3. The van der Waals surface area contributed by atoms with Crippen molar-refractivity contribution in [3.8, 4) is 0 Å². The molecule has 21 heavy (non-hydrogen) atoms. The predicted molar refractivity (Wildman–Crippen MR) is 72.0 cm³/mol. The highest BCUT2D eigenvalue weighted by Crippen LogP contribution is 2.40. The second kappa shape index (κ2) is 6.50. The van der Waals surface area contributed by atoms with Crippen molar-refractivity contribution in [1.29, 1.82) is 0 Å². The van der Waals surface area contributed by atoms with Gasteiger partial charge in [-0.2, -0.15) is 13.2 Å². The first kappa shape index (κ1) is 15.9. The molecule has 9 heteroatoms. The first-order chi connectivity index (χ1) is 9.90. The van der Waals surface area contributed by atoms with Gasteiger partial charge < -0.3 is 9.88 Å². The topological polar surface area (TPSA) is 59.8 Å². The number of hydrogen-bond acceptors (Lipinski definition) is 4. The Labute approximate surface area is 124 Å². The molecule has 1 N–H and O–H groups in total. The standard InChI is InChI=1S/C12H15F3N4OS/c1-2-5-19-10(8-3-4-8)17-18-11(19)21-6-9(20)16-7-12(13,14)15/h2,8H,1,3-7H2,(H,16,20). The lowest BCUT2D eigenvalue weighted by Gasteiger charge is -2.09. The van der Waals surface area contributed by atoms with Crippen LogP contribution in [0, 0.1) is 0 Å². The molecule has 0 saturated heterocycles. The summed E-state index contributed by atoms with van der Waals surface area (Å²) in [6, 6.07) is 0. The third kappa shape index (κ3) is 4.76. The molecule has 0 radical (unpaired) electrons. The summed E-state index contributed by atoms with van der Waals surface area (Å²) in [6.45, 7) is 2.86. The van der Waals surface area contributed by atoms with E-state index >= 15 is 0 Å². The maximum absolute atomic E-state index is 12.0. The van der Waals surface area contributed by atoms with Gasteiger partial charge in [0.25, 0.3) is 0 Å². The maximum Gasteiger partial charge on any atom is 0.405 e. The fraction of sp³-hybridized carbons (Fsp3) is 0.583. The number of alkyl halides is 3. The Hall–Kier alpha value is -1.51. The summed E-state index contributed by atoms with van der Waals surface area (Å²) in [5, 5.41) is 10.4. The van der Waals surface area contributed by atoms with Gasteiger partial charge in [-0.3, -0.25) is 4.79 Å². The Morgan fingerprint density at radius 2 is 2.19 bits per heavy atom. The van der Waals surface area contributed by atoms with Crippen LogP contribution in [0.3, 0.4) is 0 Å². The van der Waals surface area contributed by atoms with Crippen LogP contribution in [0.2, 0.25) is 0 Å². The van der Waals surface area contributed by atoms with Gasteiger partial charge in [0.05, 0.1) is 5.75 Å². The molecule has 1 aliphatic carbocycles. The van der Waals surface area contributed by atoms with Gasteiger partial charge in [-0.05, 0) is 12.8 Å². The van der Waals surface area contributed by atoms with E-state index in [-0.39, 0.29) is 5.75 Å². The first-order valence-corrected chi connectivity index (χ1v) is 7.39. The van der Waals surface area contributed by atoms with Crippen LogP contribution in [-0.2, 0) is 11.3 Å². The van der Waals surface area contributed by atoms with E-state index < -0.39 is 18.6 Å². The average Bonchev–Trinajstić information content (AvgIpc) is 3.17. The lowest BCUT2D eigenvalue weighted by Crippen LogP contribution is -2.34. The van der Waals surface area contributed by atoms with Gasteiger partial charge in [-0.15, -0.1) is 16.8 Å². The number of rotatable bonds is 7. The minimum atomic E-state index is -4.40. The van der Waals surface area contributed by atoms with Crippen LogP contribution < -0.4 is 5.32 Å². The van der Waals surface area contributed by atoms with E-state index in [1.54, 1.807) is 6.08 Å². The Morgan fingerprint density at radius 3 is 2.76 bits per heavy atom. The summed E-state index contributed by atoms with van der Waals surface area (Å²) in [5.41, 5.74) is 0. The minimum Gasteiger partial charge on any atom is -0.346 e. The van der Waals surface area contributed by atoms with Crippen LogP contribution in [0.5, 0.6) is 0 Å². The second-order valence-electron chi connectivity index (χ2n) is 4.69. The molecule has 1 fully saturated rings. The highest BCUT2D eigenvalue weighted by atomic mass is 32.2. The Morgan fingerprint density at radius 1 is 1.48 bits per heavy atom. The van der Waals surface area contributed by atoms with E-state index in [0.29, 0.717) is 17.6 Å². The van der Waals surface area contributed by atoms with Crippen LogP contribution in [0.15, 0.2) is 17.8 Å². The molecule has 0 unspecified atom stereocenters. The van der Waals surface area contributed by atoms with E-state index in [1.165, 1.54) is 0 Å². The predicted octanol–water partition coefficient (Wildman–Crippen LogP) is 2.11. The molecule has 2 rings (SSSR count). The quantitative estimate of drug-likeness (QED) is 0.617. The van der Waals surface area contributed by atoms with Crippen molar-refractivity contribution in [3.05, 3.63) is 18.5 Å². The number of carbonyl (C=O) groups is 1. The van der Waals surface area contributed by atoms with Crippen molar-refractivity contribution in [2.24, 2.45) is 0 Å². The third-order valence-electron chi connectivity index (χ3n) is 2.82. The minimum absolute atomic E-state index is 0.129. The van der Waals surface area contributed by atoms with Gasteiger partial charge in [0.15, 0.2) is 5.16 Å². The number of carbonyl (C=O) groups excluding carboxylic acids is 1. The third-order valence-corrected chi connectivity index (χ3v) is 3.78. The van der Waals surface area contributed by atoms with E-state index in [9.17, 15) is 18.0 Å². The van der Waals surface area contributed by atoms with Gasteiger partial charge in [-0.25, -0.2) is 0 Å². The van der Waals surface area contributed by atoms with Crippen molar-refractivity contribution in [1.82, 2.24) is 20.1 Å². The van der Waals surface area contributed by atoms with Gasteiger partial charge in [0, 0.05) is 12.5 Å². The average molecular weight is 320 g/mol. The first-order valence-electron chi connectivity index (χ1n) is 6.41. The molecular formula is C12H15F3N4OS. The Kier molecular flexibility index (Phi) is 4.92. The molecule has 1 heterocycles. The van der Waals surface area contributed by atoms with E-state index in [1.807, 2.05) is 9.88 Å². The Balaban J connectivity index is 1.90. The number of thioether (sulfide) groups is 1. The lowest BCUT2D eigenvalue weighted by molar-refractivity contribution is -0.136. The number of halogens is 3. The van der Waals surface area contributed by atoms with Gasteiger partial charge in [0.1, 0.15) is 12.4 Å². The molecular weight excluding hydrogens is 305 g/mol. The molecule has 0 aliphatic heterocycles. The summed E-state index contributed by atoms with van der Waals surface area (Å²) in [6.07, 6.45) is -0.580. The molecule has 1 amide bonds. The monoisotopic (exact) mass is 320 g/mol.